The summed E-state index contributed by atoms with van der Waals surface area (Å²) >= 11 is 0. The number of hydrogen-bond acceptors (Lipinski definition) is 3. The fraction of sp³-hybridized carbons (Fsp3) is 0.680. The number of benzene rings is 1. The molecule has 0 saturated carbocycles. The first-order chi connectivity index (χ1) is 14.1. The van der Waals surface area contributed by atoms with Gasteiger partial charge < -0.3 is 0 Å². The van der Waals surface area contributed by atoms with Gasteiger partial charge in [-0.05, 0) is 50.7 Å². The molecule has 0 aliphatic heterocycles. The number of allylic oxidation sites excluding steroid dienone is 2. The molecule has 0 saturated heterocycles. The van der Waals surface area contributed by atoms with Crippen molar-refractivity contribution >= 4 is 10.1 Å². The summed E-state index contributed by atoms with van der Waals surface area (Å²) in [4.78, 5) is 0.282. The topological polar surface area (TPSA) is 43.4 Å². The van der Waals surface area contributed by atoms with Crippen molar-refractivity contribution in [1.82, 2.24) is 0 Å². The summed E-state index contributed by atoms with van der Waals surface area (Å²) in [6, 6.07) is 6.96. The molecule has 0 aliphatic carbocycles. The molecule has 0 atom stereocenters. The second-order valence-electron chi connectivity index (χ2n) is 7.98. The Morgan fingerprint density at radius 1 is 0.759 bits per heavy atom. The van der Waals surface area contributed by atoms with Crippen LogP contribution in [0.15, 0.2) is 41.3 Å². The molecule has 0 fully saturated rings. The molecule has 1 aromatic carbocycles. The van der Waals surface area contributed by atoms with Gasteiger partial charge in [0.25, 0.3) is 10.1 Å². The normalized spacial score (nSPS) is 12.1. The molecule has 166 valence electrons. The van der Waals surface area contributed by atoms with Gasteiger partial charge in [0.1, 0.15) is 0 Å². The van der Waals surface area contributed by atoms with Crippen molar-refractivity contribution in [2.24, 2.45) is 0 Å². The van der Waals surface area contributed by atoms with E-state index < -0.39 is 10.1 Å². The van der Waals surface area contributed by atoms with Gasteiger partial charge in [-0.3, -0.25) is 4.18 Å². The van der Waals surface area contributed by atoms with Crippen molar-refractivity contribution in [2.75, 3.05) is 6.61 Å². The molecule has 0 aliphatic rings. The largest absolute Gasteiger partial charge is 0.297 e. The average Bonchev–Trinajstić information content (AvgIpc) is 2.70. The molecular weight excluding hydrogens is 380 g/mol. The SMILES string of the molecule is CCCCCCCC/C=C/CCCCCCCCOS(=O)(=O)c1ccccc1C. The van der Waals surface area contributed by atoms with Crippen LogP contribution in [0.5, 0.6) is 0 Å². The van der Waals surface area contributed by atoms with Crippen molar-refractivity contribution in [3.8, 4) is 0 Å². The van der Waals surface area contributed by atoms with Gasteiger partial charge in [0.15, 0.2) is 0 Å². The van der Waals surface area contributed by atoms with Crippen molar-refractivity contribution in [2.45, 2.75) is 109 Å². The molecular formula is C25H42O3S. The van der Waals surface area contributed by atoms with Crippen LogP contribution in [0.4, 0.5) is 0 Å². The van der Waals surface area contributed by atoms with E-state index in [2.05, 4.69) is 19.1 Å². The molecule has 0 unspecified atom stereocenters. The summed E-state index contributed by atoms with van der Waals surface area (Å²) in [6.45, 7) is 4.33. The molecule has 0 N–H and O–H groups in total. The molecule has 0 radical (unpaired) electrons. The Labute approximate surface area is 180 Å². The van der Waals surface area contributed by atoms with Crippen LogP contribution in [0.3, 0.4) is 0 Å². The summed E-state index contributed by atoms with van der Waals surface area (Å²) in [6.07, 6.45) is 22.0. The van der Waals surface area contributed by atoms with Gasteiger partial charge in [-0.2, -0.15) is 8.42 Å². The minimum Gasteiger partial charge on any atom is -0.266 e. The number of hydrogen-bond donors (Lipinski definition) is 0. The zero-order chi connectivity index (χ0) is 21.2. The van der Waals surface area contributed by atoms with E-state index in [0.717, 1.165) is 24.8 Å². The van der Waals surface area contributed by atoms with Crippen LogP contribution in [0, 0.1) is 6.92 Å². The van der Waals surface area contributed by atoms with Crippen LogP contribution in [-0.4, -0.2) is 15.0 Å². The predicted octanol–water partition coefficient (Wildman–Crippen LogP) is 7.74. The fourth-order valence-corrected chi connectivity index (χ4v) is 4.59. The Morgan fingerprint density at radius 2 is 1.28 bits per heavy atom. The molecule has 0 heterocycles. The maximum absolute atomic E-state index is 12.2. The maximum Gasteiger partial charge on any atom is 0.297 e. The smallest absolute Gasteiger partial charge is 0.266 e. The van der Waals surface area contributed by atoms with E-state index in [0.29, 0.717) is 0 Å². The lowest BCUT2D eigenvalue weighted by Crippen LogP contribution is -2.09. The second kappa shape index (κ2) is 16.6. The average molecular weight is 423 g/mol. The zero-order valence-electron chi connectivity index (χ0n) is 18.7. The first kappa shape index (κ1) is 25.9. The summed E-state index contributed by atoms with van der Waals surface area (Å²) in [7, 11) is -3.62. The van der Waals surface area contributed by atoms with E-state index in [-0.39, 0.29) is 11.5 Å². The monoisotopic (exact) mass is 422 g/mol. The van der Waals surface area contributed by atoms with Crippen LogP contribution >= 0.6 is 0 Å². The minimum absolute atomic E-state index is 0.276. The molecule has 29 heavy (non-hydrogen) atoms. The van der Waals surface area contributed by atoms with E-state index in [1.54, 1.807) is 25.1 Å². The van der Waals surface area contributed by atoms with E-state index in [1.165, 1.54) is 70.6 Å². The third kappa shape index (κ3) is 12.9. The second-order valence-corrected chi connectivity index (χ2v) is 9.56. The van der Waals surface area contributed by atoms with Crippen molar-refractivity contribution in [3.63, 3.8) is 0 Å². The fourth-order valence-electron chi connectivity index (χ4n) is 3.42. The van der Waals surface area contributed by atoms with E-state index in [4.69, 9.17) is 4.18 Å². The van der Waals surface area contributed by atoms with Crippen LogP contribution in [0.25, 0.3) is 0 Å². The maximum atomic E-state index is 12.2. The van der Waals surface area contributed by atoms with Crippen molar-refractivity contribution in [1.29, 1.82) is 0 Å². The molecule has 3 nitrogen and oxygen atoms in total. The van der Waals surface area contributed by atoms with Gasteiger partial charge in [0, 0.05) is 0 Å². The summed E-state index contributed by atoms with van der Waals surface area (Å²) < 4.78 is 29.5. The summed E-state index contributed by atoms with van der Waals surface area (Å²) in [5, 5.41) is 0. The molecule has 1 aromatic rings. The Bertz CT molecular complexity index is 650. The van der Waals surface area contributed by atoms with E-state index in [1.807, 2.05) is 6.07 Å². The van der Waals surface area contributed by atoms with Crippen LogP contribution in [-0.2, 0) is 14.3 Å². The molecule has 4 heteroatoms. The van der Waals surface area contributed by atoms with Crippen molar-refractivity contribution in [3.05, 3.63) is 42.0 Å². The Kier molecular flexibility index (Phi) is 14.9. The molecule has 0 spiro atoms. The molecule has 0 bridgehead atoms. The van der Waals surface area contributed by atoms with Gasteiger partial charge in [0.2, 0.25) is 0 Å². The van der Waals surface area contributed by atoms with E-state index in [9.17, 15) is 8.42 Å². The lowest BCUT2D eigenvalue weighted by Gasteiger charge is -2.08. The third-order valence-electron chi connectivity index (χ3n) is 5.26. The molecule has 1 rings (SSSR count). The van der Waals surface area contributed by atoms with Crippen molar-refractivity contribution < 1.29 is 12.6 Å². The summed E-state index contributed by atoms with van der Waals surface area (Å²) in [5.41, 5.74) is 0.730. The highest BCUT2D eigenvalue weighted by Crippen LogP contribution is 2.17. The van der Waals surface area contributed by atoms with Gasteiger partial charge in [-0.25, -0.2) is 0 Å². The van der Waals surface area contributed by atoms with Crippen LogP contribution in [0.2, 0.25) is 0 Å². The van der Waals surface area contributed by atoms with Crippen LogP contribution < -0.4 is 0 Å². The van der Waals surface area contributed by atoms with Gasteiger partial charge >= 0.3 is 0 Å². The highest BCUT2D eigenvalue weighted by molar-refractivity contribution is 7.86. The third-order valence-corrected chi connectivity index (χ3v) is 6.73. The Balaban J connectivity index is 1.92. The first-order valence-electron chi connectivity index (χ1n) is 11.7. The molecule has 0 amide bonds. The van der Waals surface area contributed by atoms with Crippen LogP contribution in [0.1, 0.15) is 102 Å². The summed E-state index contributed by atoms with van der Waals surface area (Å²) in [5.74, 6) is 0. The molecule has 0 aromatic heterocycles. The van der Waals surface area contributed by atoms with Gasteiger partial charge in [-0.1, -0.05) is 95.1 Å². The van der Waals surface area contributed by atoms with E-state index >= 15 is 0 Å². The standard InChI is InChI=1S/C25H42O3S/c1-3-4-5-6-7-8-9-10-11-12-13-14-15-16-17-20-23-28-29(26,27)25-22-19-18-21-24(25)2/h10-11,18-19,21-22H,3-9,12-17,20,23H2,1-2H3/b11-10+. The lowest BCUT2D eigenvalue weighted by molar-refractivity contribution is 0.306. The highest BCUT2D eigenvalue weighted by Gasteiger charge is 2.16. The number of rotatable bonds is 18. The Hall–Kier alpha value is -1.13. The lowest BCUT2D eigenvalue weighted by atomic mass is 10.1. The minimum atomic E-state index is -3.62. The number of unbranched alkanes of at least 4 members (excludes halogenated alkanes) is 12. The number of aryl methyl sites for hydroxylation is 1. The Morgan fingerprint density at radius 3 is 1.86 bits per heavy atom. The zero-order valence-corrected chi connectivity index (χ0v) is 19.5. The van der Waals surface area contributed by atoms with Gasteiger partial charge in [0.05, 0.1) is 11.5 Å². The quantitative estimate of drug-likeness (QED) is 0.138. The highest BCUT2D eigenvalue weighted by atomic mass is 32.2. The first-order valence-corrected chi connectivity index (χ1v) is 13.1. The predicted molar refractivity (Wildman–Crippen MR) is 124 cm³/mol. The van der Waals surface area contributed by atoms with Gasteiger partial charge in [-0.15, -0.1) is 0 Å².